The monoisotopic (exact) mass is 295 g/mol. The van der Waals surface area contributed by atoms with E-state index in [1.54, 1.807) is 11.8 Å². The molecular weight excluding hydrogens is 274 g/mol. The van der Waals surface area contributed by atoms with Crippen LogP contribution in [0.25, 0.3) is 0 Å². The quantitative estimate of drug-likeness (QED) is 0.581. The molecule has 1 aromatic heterocycles. The number of nitrogens with zero attached hydrogens (tertiary/aromatic N) is 1. The van der Waals surface area contributed by atoms with Crippen molar-refractivity contribution in [2.24, 2.45) is 0 Å². The van der Waals surface area contributed by atoms with Crippen molar-refractivity contribution in [1.29, 1.82) is 0 Å². The van der Waals surface area contributed by atoms with Crippen molar-refractivity contribution < 1.29 is 0 Å². The second-order valence-corrected chi connectivity index (χ2v) is 7.08. The molecule has 2 heteroatoms. The van der Waals surface area contributed by atoms with Crippen LogP contribution in [0.4, 0.5) is 0 Å². The lowest BCUT2D eigenvalue weighted by atomic mass is 9.87. The van der Waals surface area contributed by atoms with Crippen molar-refractivity contribution in [1.82, 2.24) is 4.98 Å². The van der Waals surface area contributed by atoms with Gasteiger partial charge >= 0.3 is 0 Å². The number of aryl methyl sites for hydroxylation is 1. The number of rotatable bonds is 2. The minimum Gasteiger partial charge on any atom is -0.245 e. The molecule has 0 aliphatic rings. The third-order valence-corrected chi connectivity index (χ3v) is 4.03. The Labute approximate surface area is 132 Å². The Bertz CT molecular complexity index is 654. The van der Waals surface area contributed by atoms with Crippen molar-refractivity contribution in [2.45, 2.75) is 38.0 Å². The Hall–Kier alpha value is -1.72. The zero-order valence-electron chi connectivity index (χ0n) is 13.1. The van der Waals surface area contributed by atoms with Gasteiger partial charge in [0, 0.05) is 10.6 Å². The van der Waals surface area contributed by atoms with Crippen LogP contribution in [0.3, 0.4) is 0 Å². The first-order valence-electron chi connectivity index (χ1n) is 7.11. The van der Waals surface area contributed by atoms with Crippen molar-refractivity contribution >= 4 is 11.8 Å². The SMILES string of the molecule is Cc1cccc(C#CCSc2ccc(C(C)(C)C)cc2)n1. The molecule has 0 radical (unpaired) electrons. The molecule has 2 rings (SSSR count). The fourth-order valence-corrected chi connectivity index (χ4v) is 2.55. The number of hydrogen-bond acceptors (Lipinski definition) is 2. The van der Waals surface area contributed by atoms with E-state index in [2.05, 4.69) is 61.9 Å². The zero-order valence-corrected chi connectivity index (χ0v) is 13.9. The Morgan fingerprint density at radius 3 is 2.38 bits per heavy atom. The van der Waals surface area contributed by atoms with E-state index in [1.807, 2.05) is 25.1 Å². The predicted octanol–water partition coefficient (Wildman–Crippen LogP) is 4.83. The van der Waals surface area contributed by atoms with Crippen molar-refractivity contribution in [2.75, 3.05) is 5.75 Å². The lowest BCUT2D eigenvalue weighted by Gasteiger charge is -2.18. The summed E-state index contributed by atoms with van der Waals surface area (Å²) in [4.78, 5) is 5.63. The van der Waals surface area contributed by atoms with Gasteiger partial charge in [-0.15, -0.1) is 11.8 Å². The number of pyridine rings is 1. The Balaban J connectivity index is 1.92. The van der Waals surface area contributed by atoms with Gasteiger partial charge in [-0.05, 0) is 48.1 Å². The second kappa shape index (κ2) is 6.83. The smallest absolute Gasteiger partial charge is 0.113 e. The first kappa shape index (κ1) is 15.7. The molecule has 0 spiro atoms. The highest BCUT2D eigenvalue weighted by molar-refractivity contribution is 7.99. The molecule has 0 N–H and O–H groups in total. The van der Waals surface area contributed by atoms with E-state index in [1.165, 1.54) is 10.5 Å². The Kier molecular flexibility index (Phi) is 5.09. The van der Waals surface area contributed by atoms with Gasteiger partial charge in [0.25, 0.3) is 0 Å². The molecule has 0 unspecified atom stereocenters. The second-order valence-electron chi connectivity index (χ2n) is 6.03. The van der Waals surface area contributed by atoms with Gasteiger partial charge in [0.1, 0.15) is 5.69 Å². The van der Waals surface area contributed by atoms with Gasteiger partial charge in [-0.2, -0.15) is 0 Å². The third kappa shape index (κ3) is 4.95. The third-order valence-electron chi connectivity index (χ3n) is 3.14. The van der Waals surface area contributed by atoms with Crippen LogP contribution < -0.4 is 0 Å². The maximum Gasteiger partial charge on any atom is 0.113 e. The summed E-state index contributed by atoms with van der Waals surface area (Å²) >= 11 is 1.76. The standard InChI is InChI=1S/C19H21NS/c1-15-7-5-8-17(20-15)9-6-14-21-18-12-10-16(11-13-18)19(2,3)4/h5,7-8,10-13H,14H2,1-4H3. The molecule has 1 aromatic carbocycles. The molecule has 1 heterocycles. The summed E-state index contributed by atoms with van der Waals surface area (Å²) in [6.07, 6.45) is 0. The molecule has 21 heavy (non-hydrogen) atoms. The molecule has 0 bridgehead atoms. The fourth-order valence-electron chi connectivity index (χ4n) is 1.91. The highest BCUT2D eigenvalue weighted by Crippen LogP contribution is 2.25. The molecule has 0 amide bonds. The van der Waals surface area contributed by atoms with Crippen molar-refractivity contribution in [3.63, 3.8) is 0 Å². The minimum atomic E-state index is 0.208. The maximum atomic E-state index is 4.37. The first-order valence-corrected chi connectivity index (χ1v) is 8.09. The average molecular weight is 295 g/mol. The topological polar surface area (TPSA) is 12.9 Å². The summed E-state index contributed by atoms with van der Waals surface area (Å²) < 4.78 is 0. The van der Waals surface area contributed by atoms with Crippen LogP contribution in [0.1, 0.15) is 37.7 Å². The van der Waals surface area contributed by atoms with Crippen LogP contribution >= 0.6 is 11.8 Å². The lowest BCUT2D eigenvalue weighted by molar-refractivity contribution is 0.590. The van der Waals surface area contributed by atoms with E-state index in [9.17, 15) is 0 Å². The summed E-state index contributed by atoms with van der Waals surface area (Å²) in [7, 11) is 0. The number of aromatic nitrogens is 1. The van der Waals surface area contributed by atoms with Crippen LogP contribution in [-0.4, -0.2) is 10.7 Å². The number of benzene rings is 1. The van der Waals surface area contributed by atoms with E-state index in [0.717, 1.165) is 17.1 Å². The largest absolute Gasteiger partial charge is 0.245 e. The molecular formula is C19H21NS. The molecule has 108 valence electrons. The van der Waals surface area contributed by atoms with Crippen molar-refractivity contribution in [3.05, 3.63) is 59.4 Å². The van der Waals surface area contributed by atoms with Crippen LogP contribution in [0.2, 0.25) is 0 Å². The highest BCUT2D eigenvalue weighted by Gasteiger charge is 2.12. The maximum absolute atomic E-state index is 4.37. The molecule has 2 aromatic rings. The molecule has 0 fully saturated rings. The van der Waals surface area contributed by atoms with E-state index in [-0.39, 0.29) is 5.41 Å². The van der Waals surface area contributed by atoms with E-state index in [0.29, 0.717) is 0 Å². The lowest BCUT2D eigenvalue weighted by Crippen LogP contribution is -2.10. The molecule has 0 atom stereocenters. The average Bonchev–Trinajstić information content (AvgIpc) is 2.43. The summed E-state index contributed by atoms with van der Waals surface area (Å²) in [6.45, 7) is 8.68. The highest BCUT2D eigenvalue weighted by atomic mass is 32.2. The van der Waals surface area contributed by atoms with Crippen LogP contribution in [0, 0.1) is 18.8 Å². The van der Waals surface area contributed by atoms with E-state index >= 15 is 0 Å². The summed E-state index contributed by atoms with van der Waals surface area (Å²) in [6, 6.07) is 14.7. The number of hydrogen-bond donors (Lipinski definition) is 0. The fraction of sp³-hybridized carbons (Fsp3) is 0.316. The summed E-state index contributed by atoms with van der Waals surface area (Å²) in [5.74, 6) is 7.06. The zero-order chi connectivity index (χ0) is 15.3. The van der Waals surface area contributed by atoms with Gasteiger partial charge in [-0.25, -0.2) is 4.98 Å². The van der Waals surface area contributed by atoms with E-state index < -0.39 is 0 Å². The predicted molar refractivity (Wildman–Crippen MR) is 91.7 cm³/mol. The van der Waals surface area contributed by atoms with Gasteiger partial charge in [-0.3, -0.25) is 0 Å². The van der Waals surface area contributed by atoms with Crippen LogP contribution in [-0.2, 0) is 5.41 Å². The normalized spacial score (nSPS) is 10.9. The van der Waals surface area contributed by atoms with Gasteiger partial charge in [0.05, 0.1) is 5.75 Å². The molecule has 0 aliphatic heterocycles. The van der Waals surface area contributed by atoms with Crippen LogP contribution in [0.15, 0.2) is 47.4 Å². The first-order chi connectivity index (χ1) is 9.95. The van der Waals surface area contributed by atoms with Crippen LogP contribution in [0.5, 0.6) is 0 Å². The number of thioether (sulfide) groups is 1. The van der Waals surface area contributed by atoms with Gasteiger partial charge in [-0.1, -0.05) is 44.9 Å². The summed E-state index contributed by atoms with van der Waals surface area (Å²) in [5, 5.41) is 0. The van der Waals surface area contributed by atoms with Crippen molar-refractivity contribution in [3.8, 4) is 11.8 Å². The molecule has 1 nitrogen and oxygen atoms in total. The Morgan fingerprint density at radius 2 is 1.76 bits per heavy atom. The van der Waals surface area contributed by atoms with Gasteiger partial charge < -0.3 is 0 Å². The Morgan fingerprint density at radius 1 is 1.05 bits per heavy atom. The van der Waals surface area contributed by atoms with Gasteiger partial charge in [0.2, 0.25) is 0 Å². The molecule has 0 saturated carbocycles. The molecule has 0 aliphatic carbocycles. The van der Waals surface area contributed by atoms with Gasteiger partial charge in [0.15, 0.2) is 0 Å². The molecule has 0 saturated heterocycles. The summed E-state index contributed by atoms with van der Waals surface area (Å²) in [5.41, 5.74) is 3.42. The minimum absolute atomic E-state index is 0.208. The van der Waals surface area contributed by atoms with E-state index in [4.69, 9.17) is 0 Å².